The molecule has 0 aromatic carbocycles. The summed E-state index contributed by atoms with van der Waals surface area (Å²) in [5.41, 5.74) is 5.50. The summed E-state index contributed by atoms with van der Waals surface area (Å²) in [7, 11) is -3.21. The van der Waals surface area contributed by atoms with Gasteiger partial charge in [0.1, 0.15) is 10.7 Å². The van der Waals surface area contributed by atoms with Crippen LogP contribution in [0.5, 0.6) is 0 Å². The molecule has 0 aliphatic heterocycles. The van der Waals surface area contributed by atoms with E-state index in [0.29, 0.717) is 5.82 Å². The predicted octanol–water partition coefficient (Wildman–Crippen LogP) is -0.100. The van der Waals surface area contributed by atoms with Crippen molar-refractivity contribution in [3.63, 3.8) is 0 Å². The number of sulfone groups is 1. The van der Waals surface area contributed by atoms with Gasteiger partial charge in [0.25, 0.3) is 0 Å². The lowest BCUT2D eigenvalue weighted by molar-refractivity contribution is 0.600. The second kappa shape index (κ2) is 3.39. The summed E-state index contributed by atoms with van der Waals surface area (Å²) >= 11 is 0. The van der Waals surface area contributed by atoms with E-state index >= 15 is 0 Å². The monoisotopic (exact) mass is 201 g/mol. The summed E-state index contributed by atoms with van der Waals surface area (Å²) in [6.45, 7) is 1.73. The molecule has 1 aromatic heterocycles. The number of hydrogen-bond acceptors (Lipinski definition) is 5. The van der Waals surface area contributed by atoms with Gasteiger partial charge in [-0.1, -0.05) is 0 Å². The molecule has 1 aromatic rings. The lowest BCUT2D eigenvalue weighted by Crippen LogP contribution is -2.10. The molecule has 0 amide bonds. The van der Waals surface area contributed by atoms with Crippen molar-refractivity contribution in [2.75, 3.05) is 6.26 Å². The van der Waals surface area contributed by atoms with Gasteiger partial charge in [0.15, 0.2) is 9.84 Å². The van der Waals surface area contributed by atoms with Crippen LogP contribution < -0.4 is 5.73 Å². The highest BCUT2D eigenvalue weighted by Gasteiger charge is 2.09. The zero-order valence-corrected chi connectivity index (χ0v) is 8.25. The van der Waals surface area contributed by atoms with Gasteiger partial charge in [-0.3, -0.25) is 0 Å². The Morgan fingerprint density at radius 2 is 1.85 bits per heavy atom. The van der Waals surface area contributed by atoms with Crippen LogP contribution in [0.15, 0.2) is 17.3 Å². The first-order chi connectivity index (χ1) is 5.91. The second-order valence-corrected chi connectivity index (χ2v) is 4.85. The van der Waals surface area contributed by atoms with Crippen LogP contribution in [-0.2, 0) is 9.84 Å². The summed E-state index contributed by atoms with van der Waals surface area (Å²) < 4.78 is 22.0. The van der Waals surface area contributed by atoms with Gasteiger partial charge in [0.2, 0.25) is 0 Å². The molecule has 0 radical (unpaired) electrons. The fourth-order valence-corrected chi connectivity index (χ4v) is 1.24. The van der Waals surface area contributed by atoms with Crippen molar-refractivity contribution in [3.05, 3.63) is 18.2 Å². The van der Waals surface area contributed by atoms with Gasteiger partial charge in [0.05, 0.1) is 6.04 Å². The summed E-state index contributed by atoms with van der Waals surface area (Å²) in [5.74, 6) is 0.437. The molecule has 0 saturated carbocycles. The molecule has 0 fully saturated rings. The zero-order chi connectivity index (χ0) is 10.1. The average molecular weight is 201 g/mol. The third kappa shape index (κ3) is 2.46. The van der Waals surface area contributed by atoms with Crippen LogP contribution in [0, 0.1) is 0 Å². The maximum absolute atomic E-state index is 11.0. The predicted molar refractivity (Wildman–Crippen MR) is 47.7 cm³/mol. The molecule has 0 aliphatic rings. The van der Waals surface area contributed by atoms with Crippen molar-refractivity contribution in [2.24, 2.45) is 5.73 Å². The smallest absolute Gasteiger partial charge is 0.178 e. The van der Waals surface area contributed by atoms with E-state index < -0.39 is 9.84 Å². The van der Waals surface area contributed by atoms with Crippen molar-refractivity contribution < 1.29 is 8.42 Å². The van der Waals surface area contributed by atoms with Crippen LogP contribution in [0.25, 0.3) is 0 Å². The van der Waals surface area contributed by atoms with Gasteiger partial charge in [-0.05, 0) is 6.92 Å². The molecule has 1 rings (SSSR count). The molecule has 1 unspecified atom stereocenters. The Bertz CT molecular complexity index is 383. The quantitative estimate of drug-likeness (QED) is 0.722. The number of hydrogen-bond donors (Lipinski definition) is 1. The maximum atomic E-state index is 11.0. The van der Waals surface area contributed by atoms with Crippen LogP contribution in [0.3, 0.4) is 0 Å². The molecule has 13 heavy (non-hydrogen) atoms. The summed E-state index contributed by atoms with van der Waals surface area (Å²) in [6.07, 6.45) is 3.64. The SMILES string of the molecule is CC(N)c1ncc(S(C)(=O)=O)cn1. The molecule has 0 spiro atoms. The van der Waals surface area contributed by atoms with Crippen LogP contribution in [0.4, 0.5) is 0 Å². The zero-order valence-electron chi connectivity index (χ0n) is 7.43. The molecular formula is C7H11N3O2S. The number of nitrogens with zero attached hydrogens (tertiary/aromatic N) is 2. The van der Waals surface area contributed by atoms with Gasteiger partial charge in [0, 0.05) is 18.6 Å². The highest BCUT2D eigenvalue weighted by atomic mass is 32.2. The number of aromatic nitrogens is 2. The number of nitrogens with two attached hydrogens (primary N) is 1. The van der Waals surface area contributed by atoms with Gasteiger partial charge >= 0.3 is 0 Å². The lowest BCUT2D eigenvalue weighted by atomic mass is 10.3. The topological polar surface area (TPSA) is 85.9 Å². The van der Waals surface area contributed by atoms with Crippen molar-refractivity contribution >= 4 is 9.84 Å². The van der Waals surface area contributed by atoms with Crippen LogP contribution >= 0.6 is 0 Å². The van der Waals surface area contributed by atoms with Crippen molar-refractivity contribution in [2.45, 2.75) is 17.9 Å². The Morgan fingerprint density at radius 3 is 2.15 bits per heavy atom. The molecule has 0 saturated heterocycles. The van der Waals surface area contributed by atoms with E-state index in [1.807, 2.05) is 0 Å². The van der Waals surface area contributed by atoms with Gasteiger partial charge < -0.3 is 5.73 Å². The molecule has 1 atom stereocenters. The summed E-state index contributed by atoms with van der Waals surface area (Å²) in [4.78, 5) is 7.77. The standard InChI is InChI=1S/C7H11N3O2S/c1-5(8)7-9-3-6(4-10-7)13(2,11)12/h3-5H,8H2,1-2H3. The largest absolute Gasteiger partial charge is 0.322 e. The van der Waals surface area contributed by atoms with E-state index in [2.05, 4.69) is 9.97 Å². The second-order valence-electron chi connectivity index (χ2n) is 2.84. The maximum Gasteiger partial charge on any atom is 0.178 e. The van der Waals surface area contributed by atoms with Crippen molar-refractivity contribution in [3.8, 4) is 0 Å². The Balaban J connectivity index is 3.08. The fraction of sp³-hybridized carbons (Fsp3) is 0.429. The van der Waals surface area contributed by atoms with Crippen LogP contribution in [-0.4, -0.2) is 24.6 Å². The first-order valence-corrected chi connectivity index (χ1v) is 5.58. The van der Waals surface area contributed by atoms with E-state index in [1.165, 1.54) is 12.4 Å². The first-order valence-electron chi connectivity index (χ1n) is 3.69. The van der Waals surface area contributed by atoms with Crippen LogP contribution in [0.2, 0.25) is 0 Å². The molecule has 72 valence electrons. The minimum absolute atomic E-state index is 0.108. The van der Waals surface area contributed by atoms with E-state index in [1.54, 1.807) is 6.92 Å². The van der Waals surface area contributed by atoms with Crippen molar-refractivity contribution in [1.82, 2.24) is 9.97 Å². The Labute approximate surface area is 76.9 Å². The van der Waals surface area contributed by atoms with E-state index in [-0.39, 0.29) is 10.9 Å². The summed E-state index contributed by atoms with van der Waals surface area (Å²) in [6, 6.07) is -0.284. The highest BCUT2D eigenvalue weighted by Crippen LogP contribution is 2.07. The molecule has 0 bridgehead atoms. The van der Waals surface area contributed by atoms with E-state index in [9.17, 15) is 8.42 Å². The molecule has 0 aliphatic carbocycles. The van der Waals surface area contributed by atoms with Gasteiger partial charge in [-0.25, -0.2) is 18.4 Å². The average Bonchev–Trinajstić information content (AvgIpc) is 2.03. The molecule has 5 nitrogen and oxygen atoms in total. The Kier molecular flexibility index (Phi) is 2.63. The van der Waals surface area contributed by atoms with Gasteiger partial charge in [-0.2, -0.15) is 0 Å². The van der Waals surface area contributed by atoms with E-state index in [0.717, 1.165) is 6.26 Å². The molecule has 2 N–H and O–H groups in total. The minimum atomic E-state index is -3.21. The molecule has 6 heteroatoms. The Hall–Kier alpha value is -1.01. The molecular weight excluding hydrogens is 190 g/mol. The summed E-state index contributed by atoms with van der Waals surface area (Å²) in [5, 5.41) is 0. The third-order valence-electron chi connectivity index (χ3n) is 1.48. The van der Waals surface area contributed by atoms with Crippen molar-refractivity contribution in [1.29, 1.82) is 0 Å². The highest BCUT2D eigenvalue weighted by molar-refractivity contribution is 7.90. The number of rotatable bonds is 2. The Morgan fingerprint density at radius 1 is 1.38 bits per heavy atom. The fourth-order valence-electron chi connectivity index (χ4n) is 0.753. The van der Waals surface area contributed by atoms with Gasteiger partial charge in [-0.15, -0.1) is 0 Å². The van der Waals surface area contributed by atoms with E-state index in [4.69, 9.17) is 5.73 Å². The lowest BCUT2D eigenvalue weighted by Gasteiger charge is -2.03. The third-order valence-corrected chi connectivity index (χ3v) is 2.55. The minimum Gasteiger partial charge on any atom is -0.322 e. The molecule has 1 heterocycles. The normalized spacial score (nSPS) is 14.1. The first kappa shape index (κ1) is 10.1. The van der Waals surface area contributed by atoms with Crippen LogP contribution in [0.1, 0.15) is 18.8 Å².